The maximum atomic E-state index is 12.6. The molecule has 0 amide bonds. The van der Waals surface area contributed by atoms with Crippen molar-refractivity contribution in [1.29, 1.82) is 0 Å². The summed E-state index contributed by atoms with van der Waals surface area (Å²) in [5, 5.41) is 8.77. The number of carbonyl (C=O) groups is 2. The van der Waals surface area contributed by atoms with Gasteiger partial charge in [0.15, 0.2) is 11.6 Å². The third kappa shape index (κ3) is 6.56. The quantitative estimate of drug-likeness (QED) is 0.537. The number of hydrogen-bond acceptors (Lipinski definition) is 6. The van der Waals surface area contributed by atoms with Gasteiger partial charge in [-0.2, -0.15) is 0 Å². The number of nitrogens with zero attached hydrogens (tertiary/aromatic N) is 3. The number of aliphatic hydroxyl groups excluding tert-OH is 1. The van der Waals surface area contributed by atoms with Crippen LogP contribution in [0.4, 0.5) is 0 Å². The number of ketones is 2. The summed E-state index contributed by atoms with van der Waals surface area (Å²) in [6.45, 7) is 4.52. The highest BCUT2D eigenvalue weighted by molar-refractivity contribution is 6.06. The molecule has 6 heteroatoms. The second-order valence-electron chi connectivity index (χ2n) is 7.42. The van der Waals surface area contributed by atoms with Crippen molar-refractivity contribution in [3.05, 3.63) is 77.1 Å². The Morgan fingerprint density at radius 3 is 2.37 bits per heavy atom. The van der Waals surface area contributed by atoms with Crippen LogP contribution in [0.25, 0.3) is 12.2 Å². The number of aliphatic hydroxyl groups is 1. The summed E-state index contributed by atoms with van der Waals surface area (Å²) in [6.07, 6.45) is 6.01. The fraction of sp³-hybridized carbons (Fsp3) is 0.292. The molecule has 0 bridgehead atoms. The maximum Gasteiger partial charge on any atom is 0.185 e. The lowest BCUT2D eigenvalue weighted by Gasteiger charge is -2.32. The molecular formula is C24H27N3O3. The fourth-order valence-corrected chi connectivity index (χ4v) is 3.23. The van der Waals surface area contributed by atoms with Crippen molar-refractivity contribution in [2.45, 2.75) is 6.54 Å². The minimum absolute atomic E-state index is 0.0755. The second kappa shape index (κ2) is 10.7. The topological polar surface area (TPSA) is 73.7 Å². The van der Waals surface area contributed by atoms with Gasteiger partial charge in [-0.3, -0.25) is 14.5 Å². The van der Waals surface area contributed by atoms with Crippen molar-refractivity contribution in [1.82, 2.24) is 14.8 Å². The Morgan fingerprint density at radius 2 is 1.67 bits per heavy atom. The highest BCUT2D eigenvalue weighted by atomic mass is 16.3. The fourth-order valence-electron chi connectivity index (χ4n) is 3.23. The minimum Gasteiger partial charge on any atom is -0.388 e. The van der Waals surface area contributed by atoms with Gasteiger partial charge in [0.1, 0.15) is 6.61 Å². The van der Waals surface area contributed by atoms with E-state index in [1.54, 1.807) is 30.4 Å². The maximum absolute atomic E-state index is 12.6. The smallest absolute Gasteiger partial charge is 0.185 e. The number of aromatic nitrogens is 1. The number of piperazine rings is 1. The first-order valence-electron chi connectivity index (χ1n) is 10.0. The van der Waals surface area contributed by atoms with E-state index in [0.717, 1.165) is 38.3 Å². The van der Waals surface area contributed by atoms with Crippen LogP contribution in [0.1, 0.15) is 27.3 Å². The van der Waals surface area contributed by atoms with E-state index in [1.807, 2.05) is 18.2 Å². The molecule has 1 N–H and O–H groups in total. The van der Waals surface area contributed by atoms with E-state index in [0.29, 0.717) is 17.0 Å². The van der Waals surface area contributed by atoms with Crippen molar-refractivity contribution in [2.24, 2.45) is 0 Å². The zero-order valence-electron chi connectivity index (χ0n) is 17.2. The zero-order valence-corrected chi connectivity index (χ0v) is 17.2. The third-order valence-corrected chi connectivity index (χ3v) is 5.01. The summed E-state index contributed by atoms with van der Waals surface area (Å²) in [5.41, 5.74) is 3.00. The number of pyridine rings is 1. The summed E-state index contributed by atoms with van der Waals surface area (Å²) in [4.78, 5) is 32.9. The third-order valence-electron chi connectivity index (χ3n) is 5.01. The van der Waals surface area contributed by atoms with Crippen LogP contribution in [0.3, 0.4) is 0 Å². The number of benzene rings is 1. The zero-order chi connectivity index (χ0) is 21.3. The van der Waals surface area contributed by atoms with Crippen LogP contribution in [-0.4, -0.2) is 71.3 Å². The van der Waals surface area contributed by atoms with E-state index in [-0.39, 0.29) is 11.6 Å². The average Bonchev–Trinajstić information content (AvgIpc) is 2.78. The highest BCUT2D eigenvalue weighted by Crippen LogP contribution is 2.12. The first-order chi connectivity index (χ1) is 14.5. The van der Waals surface area contributed by atoms with Crippen LogP contribution < -0.4 is 0 Å². The van der Waals surface area contributed by atoms with Gasteiger partial charge in [-0.15, -0.1) is 0 Å². The van der Waals surface area contributed by atoms with Gasteiger partial charge < -0.3 is 10.0 Å². The molecule has 0 saturated carbocycles. The van der Waals surface area contributed by atoms with Gasteiger partial charge >= 0.3 is 0 Å². The van der Waals surface area contributed by atoms with E-state index in [4.69, 9.17) is 5.11 Å². The molecule has 0 atom stereocenters. The lowest BCUT2D eigenvalue weighted by atomic mass is 10.1. The summed E-state index contributed by atoms with van der Waals surface area (Å²) in [5.74, 6) is -0.460. The Hall–Kier alpha value is -2.93. The summed E-state index contributed by atoms with van der Waals surface area (Å²) >= 11 is 0. The number of rotatable bonds is 8. The number of allylic oxidation sites excluding steroid dienone is 1. The molecule has 1 fully saturated rings. The van der Waals surface area contributed by atoms with E-state index in [1.165, 1.54) is 12.2 Å². The average molecular weight is 405 g/mol. The van der Waals surface area contributed by atoms with Gasteiger partial charge in [0.05, 0.1) is 11.4 Å². The van der Waals surface area contributed by atoms with Crippen molar-refractivity contribution in [2.75, 3.05) is 39.8 Å². The van der Waals surface area contributed by atoms with Gasteiger partial charge in [-0.1, -0.05) is 24.3 Å². The lowest BCUT2D eigenvalue weighted by molar-refractivity contribution is -0.117. The normalized spacial score (nSPS) is 15.8. The largest absolute Gasteiger partial charge is 0.388 e. The molecule has 1 aromatic carbocycles. The molecule has 1 aliphatic heterocycles. The van der Waals surface area contributed by atoms with Gasteiger partial charge in [-0.25, -0.2) is 4.98 Å². The second-order valence-corrected chi connectivity index (χ2v) is 7.42. The lowest BCUT2D eigenvalue weighted by Crippen LogP contribution is -2.43. The summed E-state index contributed by atoms with van der Waals surface area (Å²) < 4.78 is 0. The van der Waals surface area contributed by atoms with Crippen molar-refractivity contribution >= 4 is 23.7 Å². The molecule has 2 heterocycles. The molecule has 0 spiro atoms. The number of hydrogen-bond donors (Lipinski definition) is 1. The first kappa shape index (κ1) is 21.8. The standard InChI is InChI=1S/C24H27N3O3/c1-26-12-14-27(15-13-26)17-19-4-2-5-20(16-19)24(30)11-9-22-7-3-6-21(25-22)8-10-23(29)18-28/h2-11,16,28H,12-15,17-18H2,1H3/b10-8+,11-9+. The molecule has 156 valence electrons. The van der Waals surface area contributed by atoms with E-state index < -0.39 is 6.61 Å². The van der Waals surface area contributed by atoms with Crippen LogP contribution in [0.5, 0.6) is 0 Å². The monoisotopic (exact) mass is 405 g/mol. The Bertz CT molecular complexity index is 944. The highest BCUT2D eigenvalue weighted by Gasteiger charge is 2.14. The van der Waals surface area contributed by atoms with Gasteiger partial charge in [0, 0.05) is 38.3 Å². The summed E-state index contributed by atoms with van der Waals surface area (Å²) in [7, 11) is 2.14. The van der Waals surface area contributed by atoms with Crippen molar-refractivity contribution < 1.29 is 14.7 Å². The first-order valence-corrected chi connectivity index (χ1v) is 10.0. The Morgan fingerprint density at radius 1 is 1.00 bits per heavy atom. The van der Waals surface area contributed by atoms with Crippen LogP contribution >= 0.6 is 0 Å². The summed E-state index contributed by atoms with van der Waals surface area (Å²) in [6, 6.07) is 13.1. The van der Waals surface area contributed by atoms with E-state index >= 15 is 0 Å². The van der Waals surface area contributed by atoms with Crippen LogP contribution in [-0.2, 0) is 11.3 Å². The van der Waals surface area contributed by atoms with Gasteiger partial charge in [-0.05, 0) is 55.1 Å². The molecule has 2 aromatic rings. The predicted molar refractivity (Wildman–Crippen MR) is 118 cm³/mol. The van der Waals surface area contributed by atoms with Gasteiger partial charge in [0.25, 0.3) is 0 Å². The van der Waals surface area contributed by atoms with Crippen LogP contribution in [0, 0.1) is 0 Å². The Balaban J connectivity index is 1.64. The molecule has 1 aliphatic rings. The Labute approximate surface area is 177 Å². The molecule has 1 aromatic heterocycles. The molecule has 0 unspecified atom stereocenters. The van der Waals surface area contributed by atoms with Crippen molar-refractivity contribution in [3.8, 4) is 0 Å². The van der Waals surface area contributed by atoms with E-state index in [9.17, 15) is 9.59 Å². The molecule has 6 nitrogen and oxygen atoms in total. The van der Waals surface area contributed by atoms with Crippen LogP contribution in [0.15, 0.2) is 54.6 Å². The molecule has 30 heavy (non-hydrogen) atoms. The molecule has 0 radical (unpaired) electrons. The molecule has 3 rings (SSSR count). The Kier molecular flexibility index (Phi) is 7.79. The van der Waals surface area contributed by atoms with E-state index in [2.05, 4.69) is 27.9 Å². The van der Waals surface area contributed by atoms with Crippen LogP contribution in [0.2, 0.25) is 0 Å². The van der Waals surface area contributed by atoms with Crippen molar-refractivity contribution in [3.63, 3.8) is 0 Å². The molecule has 1 saturated heterocycles. The molecular weight excluding hydrogens is 378 g/mol. The SMILES string of the molecule is CN1CCN(Cc2cccc(C(=O)/C=C/c3cccc(/C=C/C(=O)CO)n3)c2)CC1. The minimum atomic E-state index is -0.529. The molecule has 0 aliphatic carbocycles. The van der Waals surface area contributed by atoms with Gasteiger partial charge in [0.2, 0.25) is 0 Å². The number of carbonyl (C=O) groups excluding carboxylic acids is 2. The predicted octanol–water partition coefficient (Wildman–Crippen LogP) is 2.30. The number of likely N-dealkylation sites (N-methyl/N-ethyl adjacent to an activating group) is 1.